The van der Waals surface area contributed by atoms with Gasteiger partial charge in [0.25, 0.3) is 11.7 Å². The number of benzene rings is 4. The Bertz CT molecular complexity index is 1460. The molecule has 4 aromatic carbocycles. The van der Waals surface area contributed by atoms with Gasteiger partial charge in [0.05, 0.1) is 18.7 Å². The number of carbonyl (C=O) groups is 2. The highest BCUT2D eigenvalue weighted by Crippen LogP contribution is 2.40. The largest absolute Gasteiger partial charge is 0.507 e. The van der Waals surface area contributed by atoms with Crippen LogP contribution < -0.4 is 9.47 Å². The number of rotatable bonds is 9. The Morgan fingerprint density at radius 1 is 0.769 bits per heavy atom. The zero-order valence-electron chi connectivity index (χ0n) is 21.6. The predicted octanol–water partition coefficient (Wildman–Crippen LogP) is 5.94. The van der Waals surface area contributed by atoms with Crippen molar-refractivity contribution in [3.8, 4) is 11.5 Å². The van der Waals surface area contributed by atoms with Gasteiger partial charge in [0.2, 0.25) is 0 Å². The van der Waals surface area contributed by atoms with Gasteiger partial charge >= 0.3 is 0 Å². The highest BCUT2D eigenvalue weighted by atomic mass is 16.5. The molecule has 196 valence electrons. The molecule has 0 aromatic heterocycles. The Balaban J connectivity index is 1.47. The Morgan fingerprint density at radius 2 is 1.36 bits per heavy atom. The van der Waals surface area contributed by atoms with E-state index in [4.69, 9.17) is 9.47 Å². The zero-order chi connectivity index (χ0) is 27.2. The summed E-state index contributed by atoms with van der Waals surface area (Å²) in [4.78, 5) is 28.1. The fourth-order valence-electron chi connectivity index (χ4n) is 4.74. The van der Waals surface area contributed by atoms with E-state index in [1.165, 1.54) is 0 Å². The van der Waals surface area contributed by atoms with Gasteiger partial charge in [-0.05, 0) is 59.5 Å². The average molecular weight is 520 g/mol. The molecule has 1 amide bonds. The second-order valence-corrected chi connectivity index (χ2v) is 9.30. The third-order valence-electron chi connectivity index (χ3n) is 6.83. The summed E-state index contributed by atoms with van der Waals surface area (Å²) in [5.41, 5.74) is 3.32. The van der Waals surface area contributed by atoms with Crippen molar-refractivity contribution >= 4 is 17.4 Å². The van der Waals surface area contributed by atoms with E-state index in [0.29, 0.717) is 42.2 Å². The molecular formula is C33H29NO5. The SMILES string of the molecule is COc1ccc(C(O)=C2C(=O)C(=O)N(CCc3ccccc3)C2c2ccc(OCc3ccccc3)cc2)cc1. The lowest BCUT2D eigenvalue weighted by molar-refractivity contribution is -0.139. The second kappa shape index (κ2) is 11.7. The minimum absolute atomic E-state index is 0.0659. The van der Waals surface area contributed by atoms with Crippen LogP contribution in [0, 0.1) is 0 Å². The summed E-state index contributed by atoms with van der Waals surface area (Å²) in [7, 11) is 1.56. The van der Waals surface area contributed by atoms with Crippen LogP contribution in [0.15, 0.2) is 115 Å². The van der Waals surface area contributed by atoms with Gasteiger partial charge in [0.1, 0.15) is 23.9 Å². The summed E-state index contributed by atoms with van der Waals surface area (Å²) in [5, 5.41) is 11.3. The smallest absolute Gasteiger partial charge is 0.295 e. The van der Waals surface area contributed by atoms with E-state index >= 15 is 0 Å². The number of Topliss-reactive ketones (excluding diaryl/α,β-unsaturated/α-hetero) is 1. The second-order valence-electron chi connectivity index (χ2n) is 9.30. The van der Waals surface area contributed by atoms with Crippen LogP contribution in [0.4, 0.5) is 0 Å². The van der Waals surface area contributed by atoms with E-state index in [0.717, 1.165) is 11.1 Å². The molecule has 0 aliphatic carbocycles. The first-order chi connectivity index (χ1) is 19.0. The van der Waals surface area contributed by atoms with Crippen molar-refractivity contribution in [2.24, 2.45) is 0 Å². The molecule has 5 rings (SSSR count). The van der Waals surface area contributed by atoms with Crippen molar-refractivity contribution in [3.63, 3.8) is 0 Å². The molecule has 6 heteroatoms. The van der Waals surface area contributed by atoms with Crippen LogP contribution in [0.2, 0.25) is 0 Å². The molecule has 1 aliphatic rings. The van der Waals surface area contributed by atoms with Gasteiger partial charge in [-0.1, -0.05) is 72.8 Å². The first-order valence-electron chi connectivity index (χ1n) is 12.8. The first kappa shape index (κ1) is 25.8. The molecule has 39 heavy (non-hydrogen) atoms. The van der Waals surface area contributed by atoms with E-state index in [1.54, 1.807) is 36.3 Å². The first-order valence-corrected chi connectivity index (χ1v) is 12.8. The quantitative estimate of drug-likeness (QED) is 0.168. The number of nitrogens with zero attached hydrogens (tertiary/aromatic N) is 1. The number of methoxy groups -OCH3 is 1. The van der Waals surface area contributed by atoms with E-state index < -0.39 is 17.7 Å². The van der Waals surface area contributed by atoms with E-state index in [-0.39, 0.29) is 11.3 Å². The Morgan fingerprint density at radius 3 is 1.97 bits per heavy atom. The van der Waals surface area contributed by atoms with Crippen LogP contribution in [0.5, 0.6) is 11.5 Å². The van der Waals surface area contributed by atoms with Crippen LogP contribution in [-0.2, 0) is 22.6 Å². The van der Waals surface area contributed by atoms with E-state index in [2.05, 4.69) is 0 Å². The standard InChI is InChI=1S/C33H29NO5/c1-38-27-16-14-26(15-17-27)31(35)29-30(34(33(37)32(29)36)21-20-23-8-4-2-5-9-23)25-12-18-28(19-13-25)39-22-24-10-6-3-7-11-24/h2-19,30,35H,20-22H2,1H3. The normalized spacial score (nSPS) is 16.3. The lowest BCUT2D eigenvalue weighted by Gasteiger charge is -2.25. The Labute approximate surface area is 227 Å². The van der Waals surface area contributed by atoms with Gasteiger partial charge in [-0.3, -0.25) is 9.59 Å². The maximum absolute atomic E-state index is 13.3. The molecule has 6 nitrogen and oxygen atoms in total. The molecule has 0 radical (unpaired) electrons. The Hall–Kier alpha value is -4.84. The highest BCUT2D eigenvalue weighted by molar-refractivity contribution is 6.46. The van der Waals surface area contributed by atoms with Crippen LogP contribution in [0.25, 0.3) is 5.76 Å². The molecular weight excluding hydrogens is 490 g/mol. The summed E-state index contributed by atoms with van der Waals surface area (Å²) in [5.74, 6) is -0.259. The maximum atomic E-state index is 13.3. The molecule has 0 spiro atoms. The van der Waals surface area contributed by atoms with Gasteiger partial charge < -0.3 is 19.5 Å². The highest BCUT2D eigenvalue weighted by Gasteiger charge is 2.45. The number of hydrogen-bond acceptors (Lipinski definition) is 5. The minimum Gasteiger partial charge on any atom is -0.507 e. The molecule has 1 fully saturated rings. The molecule has 1 heterocycles. The summed E-state index contributed by atoms with van der Waals surface area (Å²) in [6, 6.07) is 33.0. The minimum atomic E-state index is -0.737. The van der Waals surface area contributed by atoms with Crippen molar-refractivity contribution in [1.29, 1.82) is 0 Å². The molecule has 0 saturated carbocycles. The molecule has 1 unspecified atom stereocenters. The average Bonchev–Trinajstić information content (AvgIpc) is 3.25. The third kappa shape index (κ3) is 5.70. The number of aliphatic hydroxyl groups is 1. The van der Waals surface area contributed by atoms with Crippen molar-refractivity contribution < 1.29 is 24.2 Å². The molecule has 0 bridgehead atoms. The fraction of sp³-hybridized carbons (Fsp3) is 0.152. The van der Waals surface area contributed by atoms with Gasteiger partial charge in [-0.2, -0.15) is 0 Å². The number of carbonyl (C=O) groups excluding carboxylic acids is 2. The number of hydrogen-bond donors (Lipinski definition) is 1. The van der Waals surface area contributed by atoms with Crippen molar-refractivity contribution in [3.05, 3.63) is 137 Å². The predicted molar refractivity (Wildman–Crippen MR) is 149 cm³/mol. The monoisotopic (exact) mass is 519 g/mol. The summed E-state index contributed by atoms with van der Waals surface area (Å²) >= 11 is 0. The van der Waals surface area contributed by atoms with Crippen molar-refractivity contribution in [1.82, 2.24) is 4.90 Å². The van der Waals surface area contributed by atoms with E-state index in [9.17, 15) is 14.7 Å². The van der Waals surface area contributed by atoms with Crippen LogP contribution >= 0.6 is 0 Å². The van der Waals surface area contributed by atoms with Crippen LogP contribution in [0.1, 0.15) is 28.3 Å². The summed E-state index contributed by atoms with van der Waals surface area (Å²) < 4.78 is 11.1. The molecule has 4 aromatic rings. The zero-order valence-corrected chi connectivity index (χ0v) is 21.6. The number of ketones is 1. The van der Waals surface area contributed by atoms with Crippen LogP contribution in [-0.4, -0.2) is 35.4 Å². The molecule has 1 atom stereocenters. The number of ether oxygens (including phenoxy) is 2. The number of aliphatic hydroxyl groups excluding tert-OH is 1. The summed E-state index contributed by atoms with van der Waals surface area (Å²) in [6.45, 7) is 0.748. The molecule has 1 aliphatic heterocycles. The third-order valence-corrected chi connectivity index (χ3v) is 6.83. The maximum Gasteiger partial charge on any atom is 0.295 e. The molecule has 1 N–H and O–H groups in total. The lowest BCUT2D eigenvalue weighted by Crippen LogP contribution is -2.31. The van der Waals surface area contributed by atoms with Gasteiger partial charge in [-0.15, -0.1) is 0 Å². The van der Waals surface area contributed by atoms with Gasteiger partial charge in [-0.25, -0.2) is 0 Å². The van der Waals surface area contributed by atoms with Crippen molar-refractivity contribution in [2.45, 2.75) is 19.1 Å². The summed E-state index contributed by atoms with van der Waals surface area (Å²) in [6.07, 6.45) is 0.575. The molecule has 1 saturated heterocycles. The Kier molecular flexibility index (Phi) is 7.73. The topological polar surface area (TPSA) is 76.1 Å². The lowest BCUT2D eigenvalue weighted by atomic mass is 9.95. The number of likely N-dealkylation sites (tertiary alicyclic amines) is 1. The van der Waals surface area contributed by atoms with Crippen molar-refractivity contribution in [2.75, 3.05) is 13.7 Å². The van der Waals surface area contributed by atoms with Crippen LogP contribution in [0.3, 0.4) is 0 Å². The number of amides is 1. The van der Waals surface area contributed by atoms with Gasteiger partial charge in [0, 0.05) is 12.1 Å². The van der Waals surface area contributed by atoms with E-state index in [1.807, 2.05) is 84.9 Å². The van der Waals surface area contributed by atoms with Gasteiger partial charge in [0.15, 0.2) is 0 Å². The fourth-order valence-corrected chi connectivity index (χ4v) is 4.74.